The van der Waals surface area contributed by atoms with Crippen LogP contribution in [0.5, 0.6) is 0 Å². The standard InChI is InChI=1S/C13H14ClNOS/c1-8(15)10-3-4-13(11(14)7-10)17-12-5-6-16-9(12)2/h3-8H,15H2,1-2H3. The summed E-state index contributed by atoms with van der Waals surface area (Å²) in [6.45, 7) is 3.88. The second-order valence-electron chi connectivity index (χ2n) is 3.92. The fraction of sp³-hybridized carbons (Fsp3) is 0.231. The molecule has 0 fully saturated rings. The summed E-state index contributed by atoms with van der Waals surface area (Å²) in [7, 11) is 0. The first kappa shape index (κ1) is 12.6. The van der Waals surface area contributed by atoms with Gasteiger partial charge in [-0.15, -0.1) is 0 Å². The Morgan fingerprint density at radius 3 is 2.59 bits per heavy atom. The SMILES string of the molecule is Cc1occc1Sc1ccc(C(C)N)cc1Cl. The third-order valence-electron chi connectivity index (χ3n) is 2.51. The van der Waals surface area contributed by atoms with Crippen LogP contribution in [0.25, 0.3) is 0 Å². The summed E-state index contributed by atoms with van der Waals surface area (Å²) < 4.78 is 5.25. The van der Waals surface area contributed by atoms with E-state index in [2.05, 4.69) is 0 Å². The first-order chi connectivity index (χ1) is 8.08. The van der Waals surface area contributed by atoms with E-state index < -0.39 is 0 Å². The third-order valence-corrected chi connectivity index (χ3v) is 4.16. The number of benzene rings is 1. The highest BCUT2D eigenvalue weighted by Gasteiger charge is 2.09. The van der Waals surface area contributed by atoms with E-state index in [0.29, 0.717) is 0 Å². The van der Waals surface area contributed by atoms with E-state index in [1.165, 1.54) is 0 Å². The van der Waals surface area contributed by atoms with Gasteiger partial charge in [-0.3, -0.25) is 0 Å². The average molecular weight is 268 g/mol. The molecular weight excluding hydrogens is 254 g/mol. The Morgan fingerprint density at radius 2 is 2.06 bits per heavy atom. The maximum Gasteiger partial charge on any atom is 0.114 e. The van der Waals surface area contributed by atoms with Crippen LogP contribution in [-0.4, -0.2) is 0 Å². The highest BCUT2D eigenvalue weighted by atomic mass is 35.5. The first-order valence-electron chi connectivity index (χ1n) is 5.35. The minimum absolute atomic E-state index is 0.00205. The molecule has 1 atom stereocenters. The number of rotatable bonds is 3. The molecule has 90 valence electrons. The number of hydrogen-bond donors (Lipinski definition) is 1. The molecule has 1 unspecified atom stereocenters. The van der Waals surface area contributed by atoms with Crippen molar-refractivity contribution in [2.75, 3.05) is 0 Å². The van der Waals surface area contributed by atoms with Crippen molar-refractivity contribution in [1.82, 2.24) is 0 Å². The van der Waals surface area contributed by atoms with Crippen molar-refractivity contribution in [1.29, 1.82) is 0 Å². The number of furan rings is 1. The Hall–Kier alpha value is -0.900. The number of nitrogens with two attached hydrogens (primary N) is 1. The molecule has 4 heteroatoms. The van der Waals surface area contributed by atoms with Gasteiger partial charge in [0.05, 0.1) is 16.2 Å². The zero-order chi connectivity index (χ0) is 12.4. The Labute approximate surface area is 110 Å². The van der Waals surface area contributed by atoms with Crippen molar-refractivity contribution in [3.8, 4) is 0 Å². The molecule has 1 aromatic carbocycles. The van der Waals surface area contributed by atoms with Gasteiger partial charge in [0, 0.05) is 10.9 Å². The van der Waals surface area contributed by atoms with Gasteiger partial charge in [0.2, 0.25) is 0 Å². The second kappa shape index (κ2) is 5.17. The lowest BCUT2D eigenvalue weighted by molar-refractivity contribution is 0.527. The van der Waals surface area contributed by atoms with Crippen molar-refractivity contribution in [3.63, 3.8) is 0 Å². The summed E-state index contributed by atoms with van der Waals surface area (Å²) >= 11 is 7.84. The van der Waals surface area contributed by atoms with Crippen molar-refractivity contribution >= 4 is 23.4 Å². The molecule has 0 bridgehead atoms. The van der Waals surface area contributed by atoms with Crippen LogP contribution in [-0.2, 0) is 0 Å². The molecule has 0 aliphatic carbocycles. The lowest BCUT2D eigenvalue weighted by atomic mass is 10.1. The zero-order valence-electron chi connectivity index (χ0n) is 9.74. The smallest absolute Gasteiger partial charge is 0.114 e. The number of halogens is 1. The predicted octanol–water partition coefficient (Wildman–Crippen LogP) is 4.41. The molecule has 1 aromatic heterocycles. The van der Waals surface area contributed by atoms with Crippen LogP contribution < -0.4 is 5.73 Å². The van der Waals surface area contributed by atoms with Gasteiger partial charge in [-0.2, -0.15) is 0 Å². The molecule has 17 heavy (non-hydrogen) atoms. The molecule has 1 heterocycles. The van der Waals surface area contributed by atoms with Gasteiger partial charge >= 0.3 is 0 Å². The van der Waals surface area contributed by atoms with Crippen LogP contribution >= 0.6 is 23.4 Å². The maximum absolute atomic E-state index is 6.24. The fourth-order valence-corrected chi connectivity index (χ4v) is 2.63. The van der Waals surface area contributed by atoms with E-state index in [0.717, 1.165) is 26.1 Å². The fourth-order valence-electron chi connectivity index (χ4n) is 1.48. The van der Waals surface area contributed by atoms with Crippen LogP contribution in [0.3, 0.4) is 0 Å². The summed E-state index contributed by atoms with van der Waals surface area (Å²) in [5, 5.41) is 0.727. The Morgan fingerprint density at radius 1 is 1.29 bits per heavy atom. The normalized spacial score (nSPS) is 12.7. The minimum Gasteiger partial charge on any atom is -0.468 e. The van der Waals surface area contributed by atoms with Crippen LogP contribution in [0, 0.1) is 6.92 Å². The predicted molar refractivity (Wildman–Crippen MR) is 71.6 cm³/mol. The summed E-state index contributed by atoms with van der Waals surface area (Å²) in [5.41, 5.74) is 6.86. The van der Waals surface area contributed by atoms with Crippen molar-refractivity contribution in [3.05, 3.63) is 46.9 Å². The Bertz CT molecular complexity index is 522. The van der Waals surface area contributed by atoms with Gasteiger partial charge in [0.25, 0.3) is 0 Å². The van der Waals surface area contributed by atoms with Gasteiger partial charge < -0.3 is 10.2 Å². The quantitative estimate of drug-likeness (QED) is 0.895. The second-order valence-corrected chi connectivity index (χ2v) is 5.41. The first-order valence-corrected chi connectivity index (χ1v) is 6.54. The van der Waals surface area contributed by atoms with Crippen LogP contribution in [0.15, 0.2) is 44.7 Å². The van der Waals surface area contributed by atoms with Crippen molar-refractivity contribution < 1.29 is 4.42 Å². The van der Waals surface area contributed by atoms with Gasteiger partial charge in [-0.1, -0.05) is 29.4 Å². The number of aryl methyl sites for hydroxylation is 1. The molecule has 2 aromatic rings. The topological polar surface area (TPSA) is 39.2 Å². The van der Waals surface area contributed by atoms with Crippen LogP contribution in [0.1, 0.15) is 24.3 Å². The average Bonchev–Trinajstić information content (AvgIpc) is 2.67. The molecular formula is C13H14ClNOS. The van der Waals surface area contributed by atoms with Crippen molar-refractivity contribution in [2.45, 2.75) is 29.7 Å². The summed E-state index contributed by atoms with van der Waals surface area (Å²) in [4.78, 5) is 2.10. The highest BCUT2D eigenvalue weighted by Crippen LogP contribution is 2.36. The van der Waals surface area contributed by atoms with E-state index in [4.69, 9.17) is 21.8 Å². The molecule has 0 amide bonds. The van der Waals surface area contributed by atoms with Crippen LogP contribution in [0.2, 0.25) is 5.02 Å². The van der Waals surface area contributed by atoms with Crippen LogP contribution in [0.4, 0.5) is 0 Å². The van der Waals surface area contributed by atoms with E-state index in [9.17, 15) is 0 Å². The highest BCUT2D eigenvalue weighted by molar-refractivity contribution is 7.99. The van der Waals surface area contributed by atoms with E-state index in [-0.39, 0.29) is 6.04 Å². The molecule has 2 nitrogen and oxygen atoms in total. The van der Waals surface area contributed by atoms with Gasteiger partial charge in [-0.25, -0.2) is 0 Å². The van der Waals surface area contributed by atoms with Gasteiger partial charge in [-0.05, 0) is 37.6 Å². The molecule has 0 saturated heterocycles. The maximum atomic E-state index is 6.24. The summed E-state index contributed by atoms with van der Waals surface area (Å²) in [6, 6.07) is 7.87. The molecule has 0 aliphatic heterocycles. The van der Waals surface area contributed by atoms with E-state index >= 15 is 0 Å². The Kier molecular flexibility index (Phi) is 3.82. The van der Waals surface area contributed by atoms with Gasteiger partial charge in [0.15, 0.2) is 0 Å². The summed E-state index contributed by atoms with van der Waals surface area (Å²) in [5.74, 6) is 0.905. The lowest BCUT2D eigenvalue weighted by Gasteiger charge is -2.09. The van der Waals surface area contributed by atoms with E-state index in [1.807, 2.05) is 38.1 Å². The molecule has 0 aliphatic rings. The third kappa shape index (κ3) is 2.86. The zero-order valence-corrected chi connectivity index (χ0v) is 11.3. The summed E-state index contributed by atoms with van der Waals surface area (Å²) in [6.07, 6.45) is 1.68. The molecule has 2 rings (SSSR count). The largest absolute Gasteiger partial charge is 0.468 e. The molecule has 0 radical (unpaired) electrons. The molecule has 0 spiro atoms. The van der Waals surface area contributed by atoms with E-state index in [1.54, 1.807) is 18.0 Å². The minimum atomic E-state index is 0.00205. The Balaban J connectivity index is 2.26. The number of hydrogen-bond acceptors (Lipinski definition) is 3. The monoisotopic (exact) mass is 267 g/mol. The van der Waals surface area contributed by atoms with Crippen molar-refractivity contribution in [2.24, 2.45) is 5.73 Å². The molecule has 0 saturated carbocycles. The lowest BCUT2D eigenvalue weighted by Crippen LogP contribution is -2.04. The molecule has 2 N–H and O–H groups in total. The van der Waals surface area contributed by atoms with Gasteiger partial charge in [0.1, 0.15) is 5.76 Å².